The fourth-order valence-electron chi connectivity index (χ4n) is 1.69. The Morgan fingerprint density at radius 1 is 1.45 bits per heavy atom. The van der Waals surface area contributed by atoms with E-state index in [9.17, 15) is 4.79 Å². The minimum absolute atomic E-state index is 0.0227. The van der Waals surface area contributed by atoms with Gasteiger partial charge in [0.25, 0.3) is 0 Å². The van der Waals surface area contributed by atoms with Crippen molar-refractivity contribution in [1.82, 2.24) is 15.5 Å². The third kappa shape index (κ3) is 5.61. The highest BCUT2D eigenvalue weighted by molar-refractivity contribution is 7.11. The van der Waals surface area contributed by atoms with Gasteiger partial charge in [0.2, 0.25) is 5.91 Å². The van der Waals surface area contributed by atoms with Gasteiger partial charge in [-0.1, -0.05) is 0 Å². The lowest BCUT2D eigenvalue weighted by atomic mass is 10.2. The van der Waals surface area contributed by atoms with E-state index in [1.165, 1.54) is 9.75 Å². The van der Waals surface area contributed by atoms with Crippen molar-refractivity contribution in [3.05, 3.63) is 21.9 Å². The lowest BCUT2D eigenvalue weighted by Gasteiger charge is -2.18. The lowest BCUT2D eigenvalue weighted by molar-refractivity contribution is -0.127. The Bertz CT molecular complexity index is 467. The highest BCUT2D eigenvalue weighted by Gasteiger charge is 2.09. The number of rotatable bonds is 5. The third-order valence-corrected chi connectivity index (χ3v) is 3.84. The molecule has 6 heteroatoms. The number of hydrogen-bond acceptors (Lipinski definition) is 3. The number of likely N-dealkylation sites (N-methyl/N-ethyl adjacent to an activating group) is 1. The first-order valence-corrected chi connectivity index (χ1v) is 7.46. The summed E-state index contributed by atoms with van der Waals surface area (Å²) in [6.45, 7) is 4.47. The van der Waals surface area contributed by atoms with Crippen LogP contribution in [0.15, 0.2) is 17.1 Å². The van der Waals surface area contributed by atoms with Gasteiger partial charge in [-0.3, -0.25) is 9.79 Å². The second-order valence-electron chi connectivity index (χ2n) is 4.98. The van der Waals surface area contributed by atoms with E-state index in [0.717, 1.165) is 6.42 Å². The maximum absolute atomic E-state index is 11.5. The molecule has 1 atom stereocenters. The number of nitrogens with zero attached hydrogens (tertiary/aromatic N) is 2. The number of aryl methyl sites for hydroxylation is 1. The third-order valence-electron chi connectivity index (χ3n) is 2.82. The van der Waals surface area contributed by atoms with Crippen LogP contribution in [0, 0.1) is 6.92 Å². The molecule has 1 unspecified atom stereocenters. The van der Waals surface area contributed by atoms with E-state index in [-0.39, 0.29) is 18.5 Å². The minimum atomic E-state index is 0.0227. The molecule has 0 spiro atoms. The Hall–Kier alpha value is -1.56. The molecule has 1 aromatic heterocycles. The maximum atomic E-state index is 11.5. The number of nitrogens with one attached hydrogen (secondary N) is 2. The quantitative estimate of drug-likeness (QED) is 0.635. The van der Waals surface area contributed by atoms with Crippen molar-refractivity contribution in [3.8, 4) is 0 Å². The molecule has 0 bridgehead atoms. The zero-order valence-corrected chi connectivity index (χ0v) is 13.7. The fraction of sp³-hybridized carbons (Fsp3) is 0.571. The predicted molar refractivity (Wildman–Crippen MR) is 85.4 cm³/mol. The standard InChI is InChI=1S/C14H24N4OS/c1-10(8-12-7-6-11(2)20-12)17-14(15-3)16-9-13(19)18(4)5/h6-7,10H,8-9H2,1-5H3,(H2,15,16,17). The molecule has 0 saturated carbocycles. The summed E-state index contributed by atoms with van der Waals surface area (Å²) >= 11 is 1.81. The molecule has 1 rings (SSSR count). The van der Waals surface area contributed by atoms with Crippen molar-refractivity contribution in [1.29, 1.82) is 0 Å². The minimum Gasteiger partial charge on any atom is -0.354 e. The molecular formula is C14H24N4OS. The average molecular weight is 296 g/mol. The lowest BCUT2D eigenvalue weighted by Crippen LogP contribution is -2.46. The van der Waals surface area contributed by atoms with Crippen LogP contribution < -0.4 is 10.6 Å². The van der Waals surface area contributed by atoms with Crippen molar-refractivity contribution < 1.29 is 4.79 Å². The molecule has 0 aromatic carbocycles. The molecule has 2 N–H and O–H groups in total. The number of aliphatic imine (C=N–C) groups is 1. The Balaban J connectivity index is 2.42. The van der Waals surface area contributed by atoms with Crippen molar-refractivity contribution in [2.45, 2.75) is 26.3 Å². The van der Waals surface area contributed by atoms with E-state index in [1.54, 1.807) is 26.0 Å². The van der Waals surface area contributed by atoms with Crippen LogP contribution in [0.25, 0.3) is 0 Å². The highest BCUT2D eigenvalue weighted by Crippen LogP contribution is 2.16. The van der Waals surface area contributed by atoms with Crippen LogP contribution in [0.2, 0.25) is 0 Å². The predicted octanol–water partition coefficient (Wildman–Crippen LogP) is 1.24. The van der Waals surface area contributed by atoms with Gasteiger partial charge in [-0.15, -0.1) is 11.3 Å². The summed E-state index contributed by atoms with van der Waals surface area (Å²) in [5.41, 5.74) is 0. The largest absolute Gasteiger partial charge is 0.354 e. The van der Waals surface area contributed by atoms with Crippen LogP contribution in [-0.2, 0) is 11.2 Å². The summed E-state index contributed by atoms with van der Waals surface area (Å²) in [5, 5.41) is 6.32. The van der Waals surface area contributed by atoms with Gasteiger partial charge in [0.05, 0.1) is 6.54 Å². The van der Waals surface area contributed by atoms with Gasteiger partial charge < -0.3 is 15.5 Å². The van der Waals surface area contributed by atoms with Gasteiger partial charge in [0.15, 0.2) is 5.96 Å². The SMILES string of the molecule is CN=C(NCC(=O)N(C)C)NC(C)Cc1ccc(C)s1. The first kappa shape index (κ1) is 16.5. The molecule has 112 valence electrons. The molecule has 0 aliphatic heterocycles. The van der Waals surface area contributed by atoms with Crippen molar-refractivity contribution in [2.75, 3.05) is 27.7 Å². The van der Waals surface area contributed by atoms with Crippen molar-refractivity contribution in [3.63, 3.8) is 0 Å². The molecule has 0 fully saturated rings. The topological polar surface area (TPSA) is 56.7 Å². The second kappa shape index (κ2) is 7.89. The Labute approximate surface area is 125 Å². The summed E-state index contributed by atoms with van der Waals surface area (Å²) < 4.78 is 0. The van der Waals surface area contributed by atoms with Gasteiger partial charge in [0.1, 0.15) is 0 Å². The average Bonchev–Trinajstić information content (AvgIpc) is 2.79. The summed E-state index contributed by atoms with van der Waals surface area (Å²) in [5.74, 6) is 0.676. The van der Waals surface area contributed by atoms with Gasteiger partial charge in [-0.05, 0) is 26.0 Å². The normalized spacial score (nSPS) is 12.9. The molecule has 1 aromatic rings. The summed E-state index contributed by atoms with van der Waals surface area (Å²) in [6.07, 6.45) is 0.945. The van der Waals surface area contributed by atoms with Crippen LogP contribution in [0.4, 0.5) is 0 Å². The van der Waals surface area contributed by atoms with E-state index in [0.29, 0.717) is 5.96 Å². The Morgan fingerprint density at radius 2 is 2.15 bits per heavy atom. The first-order chi connectivity index (χ1) is 9.42. The van der Waals surface area contributed by atoms with E-state index < -0.39 is 0 Å². The summed E-state index contributed by atoms with van der Waals surface area (Å²) in [4.78, 5) is 19.9. The summed E-state index contributed by atoms with van der Waals surface area (Å²) in [6, 6.07) is 4.55. The number of hydrogen-bond donors (Lipinski definition) is 2. The van der Waals surface area contributed by atoms with Gasteiger partial charge in [0, 0.05) is 43.4 Å². The molecule has 0 aliphatic rings. The van der Waals surface area contributed by atoms with Crippen molar-refractivity contribution >= 4 is 23.2 Å². The van der Waals surface area contributed by atoms with Crippen LogP contribution in [0.3, 0.4) is 0 Å². The first-order valence-electron chi connectivity index (χ1n) is 6.65. The molecular weight excluding hydrogens is 272 g/mol. The molecule has 0 radical (unpaired) electrons. The number of guanidine groups is 1. The van der Waals surface area contributed by atoms with Crippen LogP contribution >= 0.6 is 11.3 Å². The molecule has 0 aliphatic carbocycles. The van der Waals surface area contributed by atoms with Crippen molar-refractivity contribution in [2.24, 2.45) is 4.99 Å². The Kier molecular flexibility index (Phi) is 6.51. The van der Waals surface area contributed by atoms with Gasteiger partial charge in [-0.25, -0.2) is 0 Å². The zero-order chi connectivity index (χ0) is 15.1. The number of carbonyl (C=O) groups is 1. The fourth-order valence-corrected chi connectivity index (χ4v) is 2.71. The number of amides is 1. The van der Waals surface area contributed by atoms with E-state index in [4.69, 9.17) is 0 Å². The second-order valence-corrected chi connectivity index (χ2v) is 6.35. The van der Waals surface area contributed by atoms with Crippen LogP contribution in [0.5, 0.6) is 0 Å². The molecule has 1 heterocycles. The molecule has 20 heavy (non-hydrogen) atoms. The monoisotopic (exact) mass is 296 g/mol. The van der Waals surface area contributed by atoms with Gasteiger partial charge >= 0.3 is 0 Å². The zero-order valence-electron chi connectivity index (χ0n) is 12.9. The smallest absolute Gasteiger partial charge is 0.241 e. The number of thiophene rings is 1. The molecule has 1 amide bonds. The molecule has 0 saturated heterocycles. The summed E-state index contributed by atoms with van der Waals surface area (Å²) in [7, 11) is 5.18. The molecule has 5 nitrogen and oxygen atoms in total. The highest BCUT2D eigenvalue weighted by atomic mass is 32.1. The van der Waals surface area contributed by atoms with E-state index >= 15 is 0 Å². The Morgan fingerprint density at radius 3 is 2.65 bits per heavy atom. The number of carbonyl (C=O) groups excluding carboxylic acids is 1. The van der Waals surface area contributed by atoms with E-state index in [2.05, 4.69) is 41.6 Å². The van der Waals surface area contributed by atoms with Crippen LogP contribution in [0.1, 0.15) is 16.7 Å². The van der Waals surface area contributed by atoms with Crippen LogP contribution in [-0.4, -0.2) is 50.5 Å². The van der Waals surface area contributed by atoms with Gasteiger partial charge in [-0.2, -0.15) is 0 Å². The maximum Gasteiger partial charge on any atom is 0.241 e. The van der Waals surface area contributed by atoms with E-state index in [1.807, 2.05) is 11.3 Å².